The van der Waals surface area contributed by atoms with E-state index in [2.05, 4.69) is 22.1 Å². The van der Waals surface area contributed by atoms with E-state index >= 15 is 0 Å². The number of ether oxygens (including phenoxy) is 1. The zero-order valence-electron chi connectivity index (χ0n) is 8.93. The molecule has 2 rings (SSSR count). The van der Waals surface area contributed by atoms with Crippen LogP contribution >= 0.6 is 11.6 Å². The second kappa shape index (κ2) is 4.37. The molecule has 0 aromatic carbocycles. The highest BCUT2D eigenvalue weighted by Crippen LogP contribution is 2.18. The molecule has 0 radical (unpaired) electrons. The van der Waals surface area contributed by atoms with Gasteiger partial charge in [-0.05, 0) is 6.92 Å². The lowest BCUT2D eigenvalue weighted by molar-refractivity contribution is -0.00376. The average Bonchev–Trinajstić information content (AvgIpc) is 2.63. The van der Waals surface area contributed by atoms with Crippen LogP contribution in [0.4, 0.5) is 5.82 Å². The van der Waals surface area contributed by atoms with Crippen LogP contribution in [0.3, 0.4) is 0 Å². The Hall–Kier alpha value is -0.810. The fourth-order valence-corrected chi connectivity index (χ4v) is 2.06. The molecular formula is C9H15ClN4O. The van der Waals surface area contributed by atoms with Gasteiger partial charge in [0, 0.05) is 20.1 Å². The third-order valence-electron chi connectivity index (χ3n) is 2.51. The maximum Gasteiger partial charge on any atom is 0.147 e. The van der Waals surface area contributed by atoms with E-state index < -0.39 is 0 Å². The maximum absolute atomic E-state index is 5.82. The standard InChI is InChI=1S/C9H15ClN4O/c1-7-5-14(6-8(3-10)15-7)9-4-11-12-13(9)2/h4,7-8H,3,5-6H2,1-2H3. The van der Waals surface area contributed by atoms with Gasteiger partial charge in [0.15, 0.2) is 0 Å². The SMILES string of the molecule is CC1CN(c2cnnn2C)CC(CCl)O1. The molecule has 0 amide bonds. The number of aryl methyl sites for hydroxylation is 1. The van der Waals surface area contributed by atoms with Gasteiger partial charge in [0.1, 0.15) is 5.82 Å². The summed E-state index contributed by atoms with van der Waals surface area (Å²) in [5.74, 6) is 1.53. The number of alkyl halides is 1. The number of morpholine rings is 1. The fourth-order valence-electron chi connectivity index (χ4n) is 1.89. The van der Waals surface area contributed by atoms with E-state index in [1.165, 1.54) is 0 Å². The van der Waals surface area contributed by atoms with Gasteiger partial charge in [0.05, 0.1) is 24.3 Å². The van der Waals surface area contributed by atoms with Gasteiger partial charge < -0.3 is 9.64 Å². The van der Waals surface area contributed by atoms with Gasteiger partial charge in [-0.2, -0.15) is 0 Å². The Morgan fingerprint density at radius 2 is 2.40 bits per heavy atom. The zero-order chi connectivity index (χ0) is 10.8. The normalized spacial score (nSPS) is 27.0. The van der Waals surface area contributed by atoms with Gasteiger partial charge >= 0.3 is 0 Å². The van der Waals surface area contributed by atoms with Crippen LogP contribution in [0.5, 0.6) is 0 Å². The smallest absolute Gasteiger partial charge is 0.147 e. The van der Waals surface area contributed by atoms with Crippen molar-refractivity contribution in [3.8, 4) is 0 Å². The van der Waals surface area contributed by atoms with Crippen molar-refractivity contribution < 1.29 is 4.74 Å². The Labute approximate surface area is 94.0 Å². The second-order valence-electron chi connectivity index (χ2n) is 3.84. The van der Waals surface area contributed by atoms with Crippen molar-refractivity contribution in [2.24, 2.45) is 7.05 Å². The van der Waals surface area contributed by atoms with Crippen LogP contribution in [0.25, 0.3) is 0 Å². The lowest BCUT2D eigenvalue weighted by Crippen LogP contribution is -2.48. The van der Waals surface area contributed by atoms with Gasteiger partial charge in [-0.1, -0.05) is 5.21 Å². The summed E-state index contributed by atoms with van der Waals surface area (Å²) in [5, 5.41) is 7.79. The van der Waals surface area contributed by atoms with Crippen LogP contribution in [0.15, 0.2) is 6.20 Å². The number of hydrogen-bond acceptors (Lipinski definition) is 4. The topological polar surface area (TPSA) is 43.2 Å². The average molecular weight is 231 g/mol. The van der Waals surface area contributed by atoms with Crippen molar-refractivity contribution in [2.75, 3.05) is 23.9 Å². The van der Waals surface area contributed by atoms with E-state index in [1.807, 2.05) is 7.05 Å². The van der Waals surface area contributed by atoms with Crippen LogP contribution in [0.1, 0.15) is 6.92 Å². The molecule has 0 spiro atoms. The van der Waals surface area contributed by atoms with Crippen LogP contribution in [-0.2, 0) is 11.8 Å². The molecular weight excluding hydrogens is 216 g/mol. The van der Waals surface area contributed by atoms with Crippen molar-refractivity contribution >= 4 is 17.4 Å². The molecule has 15 heavy (non-hydrogen) atoms. The molecule has 1 aliphatic rings. The van der Waals surface area contributed by atoms with E-state index in [0.29, 0.717) is 5.88 Å². The van der Waals surface area contributed by atoms with E-state index in [1.54, 1.807) is 10.9 Å². The van der Waals surface area contributed by atoms with Gasteiger partial charge in [-0.15, -0.1) is 16.7 Å². The number of aromatic nitrogens is 3. The number of halogens is 1. The summed E-state index contributed by atoms with van der Waals surface area (Å²) in [4.78, 5) is 2.21. The lowest BCUT2D eigenvalue weighted by atomic mass is 10.2. The van der Waals surface area contributed by atoms with E-state index in [-0.39, 0.29) is 12.2 Å². The molecule has 6 heteroatoms. The Morgan fingerprint density at radius 1 is 1.60 bits per heavy atom. The first kappa shape index (κ1) is 10.7. The summed E-state index contributed by atoms with van der Waals surface area (Å²) in [7, 11) is 1.89. The van der Waals surface area contributed by atoms with Gasteiger partial charge in [0.2, 0.25) is 0 Å². The minimum Gasteiger partial charge on any atom is -0.370 e. The lowest BCUT2D eigenvalue weighted by Gasteiger charge is -2.36. The Balaban J connectivity index is 2.12. The predicted molar refractivity (Wildman–Crippen MR) is 58.3 cm³/mol. The number of anilines is 1. The molecule has 1 fully saturated rings. The minimum atomic E-state index is 0.0883. The molecule has 1 aromatic heterocycles. The van der Waals surface area contributed by atoms with Gasteiger partial charge in [0.25, 0.3) is 0 Å². The minimum absolute atomic E-state index is 0.0883. The quantitative estimate of drug-likeness (QED) is 0.700. The summed E-state index contributed by atoms with van der Waals surface area (Å²) in [6, 6.07) is 0. The highest BCUT2D eigenvalue weighted by molar-refractivity contribution is 6.18. The molecule has 0 N–H and O–H groups in total. The highest BCUT2D eigenvalue weighted by atomic mass is 35.5. The first-order valence-corrected chi connectivity index (χ1v) is 5.55. The second-order valence-corrected chi connectivity index (χ2v) is 4.15. The number of rotatable bonds is 2. The Bertz CT molecular complexity index is 330. The zero-order valence-corrected chi connectivity index (χ0v) is 9.68. The van der Waals surface area contributed by atoms with E-state index in [4.69, 9.17) is 16.3 Å². The molecule has 0 bridgehead atoms. The largest absolute Gasteiger partial charge is 0.370 e. The molecule has 2 atom stereocenters. The summed E-state index contributed by atoms with van der Waals surface area (Å²) in [6.45, 7) is 3.71. The predicted octanol–water partition coefficient (Wildman–Crippen LogP) is 0.648. The van der Waals surface area contributed by atoms with Gasteiger partial charge in [-0.25, -0.2) is 4.68 Å². The summed E-state index contributed by atoms with van der Waals surface area (Å²) in [6.07, 6.45) is 2.05. The molecule has 1 aromatic rings. The molecule has 84 valence electrons. The van der Waals surface area contributed by atoms with Crippen LogP contribution in [0, 0.1) is 0 Å². The highest BCUT2D eigenvalue weighted by Gasteiger charge is 2.26. The Morgan fingerprint density at radius 3 is 3.00 bits per heavy atom. The van der Waals surface area contributed by atoms with Crippen molar-refractivity contribution in [2.45, 2.75) is 19.1 Å². The van der Waals surface area contributed by atoms with Crippen molar-refractivity contribution in [3.63, 3.8) is 0 Å². The van der Waals surface area contributed by atoms with Crippen LogP contribution in [-0.4, -0.2) is 46.2 Å². The third-order valence-corrected chi connectivity index (χ3v) is 2.86. The molecule has 1 aliphatic heterocycles. The first-order chi connectivity index (χ1) is 7.20. The van der Waals surface area contributed by atoms with Crippen molar-refractivity contribution in [1.82, 2.24) is 15.0 Å². The third kappa shape index (κ3) is 2.23. The maximum atomic E-state index is 5.82. The van der Waals surface area contributed by atoms with Crippen LogP contribution in [0.2, 0.25) is 0 Å². The molecule has 1 saturated heterocycles. The fraction of sp³-hybridized carbons (Fsp3) is 0.778. The first-order valence-electron chi connectivity index (χ1n) is 5.01. The van der Waals surface area contributed by atoms with E-state index in [0.717, 1.165) is 18.9 Å². The number of hydrogen-bond donors (Lipinski definition) is 0. The Kier molecular flexibility index (Phi) is 3.11. The summed E-state index contributed by atoms with van der Waals surface area (Å²) < 4.78 is 7.45. The summed E-state index contributed by atoms with van der Waals surface area (Å²) >= 11 is 5.82. The number of nitrogens with zero attached hydrogens (tertiary/aromatic N) is 4. The molecule has 0 aliphatic carbocycles. The molecule has 0 saturated carbocycles. The van der Waals surface area contributed by atoms with E-state index in [9.17, 15) is 0 Å². The molecule has 5 nitrogen and oxygen atoms in total. The van der Waals surface area contributed by atoms with Crippen LogP contribution < -0.4 is 4.90 Å². The molecule has 2 unspecified atom stereocenters. The molecule has 2 heterocycles. The van der Waals surface area contributed by atoms with Crippen molar-refractivity contribution in [3.05, 3.63) is 6.20 Å². The van der Waals surface area contributed by atoms with Gasteiger partial charge in [-0.3, -0.25) is 0 Å². The van der Waals surface area contributed by atoms with Crippen molar-refractivity contribution in [1.29, 1.82) is 0 Å². The summed E-state index contributed by atoms with van der Waals surface area (Å²) in [5.41, 5.74) is 0. The monoisotopic (exact) mass is 230 g/mol.